The zero-order valence-electron chi connectivity index (χ0n) is 9.90. The van der Waals surface area contributed by atoms with E-state index in [1.54, 1.807) is 0 Å². The Morgan fingerprint density at radius 1 is 1.29 bits per heavy atom. The third-order valence-corrected chi connectivity index (χ3v) is 2.92. The van der Waals surface area contributed by atoms with Crippen LogP contribution in [0.15, 0.2) is 29.3 Å². The van der Waals surface area contributed by atoms with E-state index in [-0.39, 0.29) is 6.17 Å². The number of thiocarbonyl (C=S) groups is 1. The van der Waals surface area contributed by atoms with Gasteiger partial charge in [-0.1, -0.05) is 38.1 Å². The zero-order valence-corrected chi connectivity index (χ0v) is 10.7. The minimum absolute atomic E-state index is 0.190. The minimum Gasteiger partial charge on any atom is -0.370 e. The SMILES string of the molecule is CC(C)c1ccc([C@@H]2N=C(N)NC(=S)N2)cc1. The summed E-state index contributed by atoms with van der Waals surface area (Å²) in [6.07, 6.45) is -0.190. The third-order valence-electron chi connectivity index (χ3n) is 2.70. The maximum atomic E-state index is 5.64. The second-order valence-electron chi connectivity index (χ2n) is 4.34. The largest absolute Gasteiger partial charge is 0.370 e. The van der Waals surface area contributed by atoms with Gasteiger partial charge < -0.3 is 16.4 Å². The molecule has 0 bridgehead atoms. The van der Waals surface area contributed by atoms with Gasteiger partial charge in [-0.2, -0.15) is 0 Å². The van der Waals surface area contributed by atoms with Crippen molar-refractivity contribution in [1.82, 2.24) is 10.6 Å². The molecular weight excluding hydrogens is 232 g/mol. The van der Waals surface area contributed by atoms with Crippen LogP contribution in [0.5, 0.6) is 0 Å². The number of guanidine groups is 1. The van der Waals surface area contributed by atoms with Crippen molar-refractivity contribution in [2.24, 2.45) is 10.7 Å². The Bertz CT molecular complexity index is 450. The molecule has 1 aliphatic heterocycles. The van der Waals surface area contributed by atoms with Gasteiger partial charge in [-0.3, -0.25) is 0 Å². The van der Waals surface area contributed by atoms with Crippen LogP contribution >= 0.6 is 12.2 Å². The molecule has 4 N–H and O–H groups in total. The van der Waals surface area contributed by atoms with Crippen LogP contribution in [-0.2, 0) is 0 Å². The maximum Gasteiger partial charge on any atom is 0.197 e. The standard InChI is InChI=1S/C12H16N4S/c1-7(2)8-3-5-9(6-4-8)10-14-11(13)16-12(17)15-10/h3-7,10H,1-2H3,(H4,13,14,15,16,17)/t10-/m1/s1. The molecule has 17 heavy (non-hydrogen) atoms. The molecule has 4 nitrogen and oxygen atoms in total. The van der Waals surface area contributed by atoms with E-state index in [2.05, 4.69) is 53.7 Å². The van der Waals surface area contributed by atoms with Crippen LogP contribution in [0.1, 0.15) is 37.1 Å². The van der Waals surface area contributed by atoms with Crippen LogP contribution in [0.3, 0.4) is 0 Å². The molecule has 0 spiro atoms. The molecule has 5 heteroatoms. The van der Waals surface area contributed by atoms with Crippen molar-refractivity contribution in [2.45, 2.75) is 25.9 Å². The lowest BCUT2D eigenvalue weighted by Crippen LogP contribution is -2.49. The molecule has 1 aromatic rings. The fourth-order valence-corrected chi connectivity index (χ4v) is 1.92. The molecule has 1 atom stereocenters. The summed E-state index contributed by atoms with van der Waals surface area (Å²) in [7, 11) is 0. The molecule has 0 saturated carbocycles. The number of hydrogen-bond donors (Lipinski definition) is 3. The lowest BCUT2D eigenvalue weighted by atomic mass is 10.0. The van der Waals surface area contributed by atoms with E-state index in [4.69, 9.17) is 18.0 Å². The first-order valence-corrected chi connectivity index (χ1v) is 5.97. The molecule has 2 rings (SSSR count). The highest BCUT2D eigenvalue weighted by Crippen LogP contribution is 2.20. The summed E-state index contributed by atoms with van der Waals surface area (Å²) in [6.45, 7) is 4.34. The molecule has 1 heterocycles. The van der Waals surface area contributed by atoms with Crippen LogP contribution in [0.2, 0.25) is 0 Å². The zero-order chi connectivity index (χ0) is 12.4. The van der Waals surface area contributed by atoms with Gasteiger partial charge in [0.05, 0.1) is 0 Å². The van der Waals surface area contributed by atoms with E-state index in [1.165, 1.54) is 5.56 Å². The number of nitrogens with one attached hydrogen (secondary N) is 2. The minimum atomic E-state index is -0.190. The molecule has 0 unspecified atom stereocenters. The van der Waals surface area contributed by atoms with E-state index in [0.717, 1.165) is 5.56 Å². The Hall–Kier alpha value is -1.62. The van der Waals surface area contributed by atoms with Gasteiger partial charge in [0.2, 0.25) is 0 Å². The summed E-state index contributed by atoms with van der Waals surface area (Å²) in [5.74, 6) is 0.881. The second-order valence-corrected chi connectivity index (χ2v) is 4.74. The summed E-state index contributed by atoms with van der Waals surface area (Å²) in [4.78, 5) is 4.26. The Labute approximate surface area is 106 Å². The van der Waals surface area contributed by atoms with E-state index < -0.39 is 0 Å². The molecule has 0 aromatic heterocycles. The number of benzene rings is 1. The predicted molar refractivity (Wildman–Crippen MR) is 73.8 cm³/mol. The van der Waals surface area contributed by atoms with Crippen molar-refractivity contribution in [1.29, 1.82) is 0 Å². The highest BCUT2D eigenvalue weighted by Gasteiger charge is 2.17. The number of aliphatic imine (C=N–C) groups is 1. The smallest absolute Gasteiger partial charge is 0.197 e. The van der Waals surface area contributed by atoms with Gasteiger partial charge in [0, 0.05) is 0 Å². The average Bonchev–Trinajstić information content (AvgIpc) is 2.28. The first kappa shape index (κ1) is 11.9. The van der Waals surface area contributed by atoms with Gasteiger partial charge in [0.1, 0.15) is 6.17 Å². The summed E-state index contributed by atoms with van der Waals surface area (Å²) in [6, 6.07) is 8.33. The van der Waals surface area contributed by atoms with Crippen molar-refractivity contribution in [3.8, 4) is 0 Å². The summed E-state index contributed by atoms with van der Waals surface area (Å²) in [5.41, 5.74) is 8.01. The van der Waals surface area contributed by atoms with Gasteiger partial charge in [0.25, 0.3) is 0 Å². The lowest BCUT2D eigenvalue weighted by molar-refractivity contribution is 0.659. The molecular formula is C12H16N4S. The Balaban J connectivity index is 2.23. The molecule has 0 amide bonds. The number of nitrogens with zero attached hydrogens (tertiary/aromatic N) is 1. The second kappa shape index (κ2) is 4.71. The number of rotatable bonds is 2. The van der Waals surface area contributed by atoms with Gasteiger partial charge in [-0.15, -0.1) is 0 Å². The normalized spacial score (nSPS) is 19.6. The van der Waals surface area contributed by atoms with Gasteiger partial charge in [-0.05, 0) is 29.3 Å². The third kappa shape index (κ3) is 2.74. The Kier molecular flexibility index (Phi) is 3.28. The maximum absolute atomic E-state index is 5.64. The molecule has 0 saturated heterocycles. The summed E-state index contributed by atoms with van der Waals surface area (Å²) in [5, 5.41) is 6.33. The lowest BCUT2D eigenvalue weighted by Gasteiger charge is -2.23. The van der Waals surface area contributed by atoms with Crippen LogP contribution in [0, 0.1) is 0 Å². The van der Waals surface area contributed by atoms with Crippen LogP contribution in [0.25, 0.3) is 0 Å². The summed E-state index contributed by atoms with van der Waals surface area (Å²) >= 11 is 5.04. The van der Waals surface area contributed by atoms with Crippen molar-refractivity contribution < 1.29 is 0 Å². The van der Waals surface area contributed by atoms with Crippen molar-refractivity contribution in [3.63, 3.8) is 0 Å². The van der Waals surface area contributed by atoms with E-state index in [0.29, 0.717) is 17.0 Å². The van der Waals surface area contributed by atoms with Crippen molar-refractivity contribution in [2.75, 3.05) is 0 Å². The fourth-order valence-electron chi connectivity index (χ4n) is 1.70. The predicted octanol–water partition coefficient (Wildman–Crippen LogP) is 1.60. The monoisotopic (exact) mass is 248 g/mol. The van der Waals surface area contributed by atoms with Crippen molar-refractivity contribution in [3.05, 3.63) is 35.4 Å². The molecule has 1 aromatic carbocycles. The molecule has 0 radical (unpaired) electrons. The van der Waals surface area contributed by atoms with Gasteiger partial charge in [0.15, 0.2) is 11.1 Å². The van der Waals surface area contributed by atoms with Gasteiger partial charge in [-0.25, -0.2) is 4.99 Å². The highest BCUT2D eigenvalue weighted by molar-refractivity contribution is 7.80. The average molecular weight is 248 g/mol. The molecule has 0 aliphatic carbocycles. The Morgan fingerprint density at radius 3 is 2.47 bits per heavy atom. The van der Waals surface area contributed by atoms with Gasteiger partial charge >= 0.3 is 0 Å². The van der Waals surface area contributed by atoms with E-state index >= 15 is 0 Å². The van der Waals surface area contributed by atoms with Crippen LogP contribution < -0.4 is 16.4 Å². The number of hydrogen-bond acceptors (Lipinski definition) is 3. The molecule has 90 valence electrons. The quantitative estimate of drug-likeness (QED) is 0.696. The topological polar surface area (TPSA) is 62.4 Å². The fraction of sp³-hybridized carbons (Fsp3) is 0.333. The van der Waals surface area contributed by atoms with E-state index in [9.17, 15) is 0 Å². The van der Waals surface area contributed by atoms with Crippen LogP contribution in [0.4, 0.5) is 0 Å². The summed E-state index contributed by atoms with van der Waals surface area (Å²) < 4.78 is 0. The Morgan fingerprint density at radius 2 is 1.94 bits per heavy atom. The number of nitrogens with two attached hydrogens (primary N) is 1. The molecule has 0 fully saturated rings. The van der Waals surface area contributed by atoms with Crippen LogP contribution in [-0.4, -0.2) is 11.1 Å². The van der Waals surface area contributed by atoms with Crippen molar-refractivity contribution >= 4 is 23.3 Å². The first-order chi connectivity index (χ1) is 8.06. The molecule has 1 aliphatic rings. The first-order valence-electron chi connectivity index (χ1n) is 5.57. The van der Waals surface area contributed by atoms with E-state index in [1.807, 2.05) is 0 Å². The highest BCUT2D eigenvalue weighted by atomic mass is 32.1.